The summed E-state index contributed by atoms with van der Waals surface area (Å²) >= 11 is 0. The second-order valence-corrected chi connectivity index (χ2v) is 9.00. The molecule has 0 unspecified atom stereocenters. The SMILES string of the molecule is CCOC(=O)CC1=CC(=O)N(CC(=O)N2CCN(c3ccc(F)cc3)CC2)c2cc(C)c(C)cc2N1. The fraction of sp³-hybridized carbons (Fsp3) is 0.370. The number of rotatable bonds is 6. The van der Waals surface area contributed by atoms with Crippen LogP contribution in [0.15, 0.2) is 48.2 Å². The fourth-order valence-electron chi connectivity index (χ4n) is 4.41. The Labute approximate surface area is 210 Å². The molecule has 0 aliphatic carbocycles. The Bertz CT molecular complexity index is 1190. The highest BCUT2D eigenvalue weighted by Crippen LogP contribution is 2.33. The lowest BCUT2D eigenvalue weighted by Crippen LogP contribution is -2.52. The van der Waals surface area contributed by atoms with E-state index in [0.29, 0.717) is 43.3 Å². The smallest absolute Gasteiger partial charge is 0.311 e. The van der Waals surface area contributed by atoms with E-state index in [2.05, 4.69) is 10.2 Å². The maximum atomic E-state index is 13.3. The maximum Gasteiger partial charge on any atom is 0.311 e. The Morgan fingerprint density at radius 3 is 2.36 bits per heavy atom. The average molecular weight is 495 g/mol. The number of hydrogen-bond donors (Lipinski definition) is 1. The van der Waals surface area contributed by atoms with Crippen LogP contribution < -0.4 is 15.1 Å². The molecule has 2 aliphatic heterocycles. The summed E-state index contributed by atoms with van der Waals surface area (Å²) < 4.78 is 18.3. The number of ether oxygens (including phenoxy) is 1. The number of nitrogens with one attached hydrogen (secondary N) is 1. The summed E-state index contributed by atoms with van der Waals surface area (Å²) in [5.74, 6) is -1.25. The number of halogens is 1. The van der Waals surface area contributed by atoms with Gasteiger partial charge in [-0.15, -0.1) is 0 Å². The Balaban J connectivity index is 1.50. The standard InChI is InChI=1S/C27H31FN4O4/c1-4-36-27(35)16-21-15-25(33)32(24-14-19(3)18(2)13-23(24)29-21)17-26(34)31-11-9-30(10-12-31)22-7-5-20(28)6-8-22/h5-8,13-15,29H,4,9-12,16-17H2,1-3H3. The highest BCUT2D eigenvalue weighted by atomic mass is 19.1. The minimum atomic E-state index is -0.432. The fourth-order valence-corrected chi connectivity index (χ4v) is 4.41. The zero-order valence-electron chi connectivity index (χ0n) is 20.8. The first kappa shape index (κ1) is 25.2. The molecule has 2 aliphatic rings. The third-order valence-corrected chi connectivity index (χ3v) is 6.52. The third-order valence-electron chi connectivity index (χ3n) is 6.52. The number of anilines is 3. The molecule has 0 aromatic heterocycles. The predicted molar refractivity (Wildman–Crippen MR) is 136 cm³/mol. The Morgan fingerprint density at radius 1 is 1.03 bits per heavy atom. The summed E-state index contributed by atoms with van der Waals surface area (Å²) in [6, 6.07) is 10.1. The highest BCUT2D eigenvalue weighted by Gasteiger charge is 2.29. The van der Waals surface area contributed by atoms with Crippen LogP contribution >= 0.6 is 0 Å². The van der Waals surface area contributed by atoms with Crippen LogP contribution in [0, 0.1) is 19.7 Å². The number of nitrogens with zero attached hydrogens (tertiary/aromatic N) is 3. The number of carbonyl (C=O) groups is 3. The van der Waals surface area contributed by atoms with Gasteiger partial charge in [-0.05, 0) is 68.3 Å². The molecule has 0 atom stereocenters. The largest absolute Gasteiger partial charge is 0.466 e. The molecular formula is C27H31FN4O4. The summed E-state index contributed by atoms with van der Waals surface area (Å²) in [4.78, 5) is 43.9. The van der Waals surface area contributed by atoms with Gasteiger partial charge < -0.3 is 19.9 Å². The van der Waals surface area contributed by atoms with Gasteiger partial charge >= 0.3 is 5.97 Å². The van der Waals surface area contributed by atoms with Gasteiger partial charge in [0.2, 0.25) is 5.91 Å². The van der Waals surface area contributed by atoms with Crippen molar-refractivity contribution in [2.45, 2.75) is 27.2 Å². The second kappa shape index (κ2) is 10.8. The average Bonchev–Trinajstić information content (AvgIpc) is 2.96. The summed E-state index contributed by atoms with van der Waals surface area (Å²) in [5.41, 5.74) is 4.60. The van der Waals surface area contributed by atoms with E-state index in [9.17, 15) is 18.8 Å². The molecule has 2 amide bonds. The van der Waals surface area contributed by atoms with Crippen molar-refractivity contribution in [2.24, 2.45) is 0 Å². The van der Waals surface area contributed by atoms with Crippen molar-refractivity contribution < 1.29 is 23.5 Å². The lowest BCUT2D eigenvalue weighted by atomic mass is 10.1. The van der Waals surface area contributed by atoms with E-state index in [1.807, 2.05) is 26.0 Å². The molecular weight excluding hydrogens is 463 g/mol. The number of esters is 1. The summed E-state index contributed by atoms with van der Waals surface area (Å²) in [6.07, 6.45) is 1.29. The van der Waals surface area contributed by atoms with Crippen molar-refractivity contribution in [3.8, 4) is 0 Å². The van der Waals surface area contributed by atoms with Crippen LogP contribution in [0.25, 0.3) is 0 Å². The van der Waals surface area contributed by atoms with Gasteiger partial charge in [0.15, 0.2) is 0 Å². The Hall–Kier alpha value is -3.88. The zero-order valence-corrected chi connectivity index (χ0v) is 20.8. The molecule has 36 heavy (non-hydrogen) atoms. The molecule has 1 N–H and O–H groups in total. The van der Waals surface area contributed by atoms with E-state index in [1.165, 1.54) is 23.1 Å². The van der Waals surface area contributed by atoms with Gasteiger partial charge in [0.25, 0.3) is 5.91 Å². The van der Waals surface area contributed by atoms with E-state index in [4.69, 9.17) is 4.74 Å². The van der Waals surface area contributed by atoms with E-state index in [-0.39, 0.29) is 37.2 Å². The van der Waals surface area contributed by atoms with Crippen LogP contribution in [0.3, 0.4) is 0 Å². The topological polar surface area (TPSA) is 82.2 Å². The van der Waals surface area contributed by atoms with Gasteiger partial charge in [-0.3, -0.25) is 19.3 Å². The lowest BCUT2D eigenvalue weighted by molar-refractivity contribution is -0.142. The molecule has 2 aromatic rings. The zero-order chi connectivity index (χ0) is 25.8. The minimum Gasteiger partial charge on any atom is -0.466 e. The summed E-state index contributed by atoms with van der Waals surface area (Å²) in [6.45, 7) is 8.02. The van der Waals surface area contributed by atoms with Gasteiger partial charge in [0, 0.05) is 43.6 Å². The van der Waals surface area contributed by atoms with E-state index in [1.54, 1.807) is 24.0 Å². The number of amides is 2. The van der Waals surface area contributed by atoms with Crippen molar-refractivity contribution in [3.63, 3.8) is 0 Å². The van der Waals surface area contributed by atoms with Crippen molar-refractivity contribution in [1.82, 2.24) is 4.90 Å². The quantitative estimate of drug-likeness (QED) is 0.620. The molecule has 0 saturated carbocycles. The van der Waals surface area contributed by atoms with Crippen LogP contribution in [0.1, 0.15) is 24.5 Å². The van der Waals surface area contributed by atoms with E-state index < -0.39 is 5.97 Å². The number of aryl methyl sites for hydroxylation is 2. The Morgan fingerprint density at radius 2 is 1.69 bits per heavy atom. The highest BCUT2D eigenvalue weighted by molar-refractivity contribution is 6.09. The van der Waals surface area contributed by atoms with Gasteiger partial charge in [0.1, 0.15) is 12.4 Å². The Kier molecular flexibility index (Phi) is 7.57. The van der Waals surface area contributed by atoms with E-state index in [0.717, 1.165) is 16.8 Å². The van der Waals surface area contributed by atoms with Crippen molar-refractivity contribution in [1.29, 1.82) is 0 Å². The van der Waals surface area contributed by atoms with Crippen molar-refractivity contribution in [3.05, 3.63) is 65.1 Å². The molecule has 190 valence electrons. The summed E-state index contributed by atoms with van der Waals surface area (Å²) in [7, 11) is 0. The van der Waals surface area contributed by atoms with Gasteiger partial charge in [0.05, 0.1) is 24.4 Å². The van der Waals surface area contributed by atoms with Crippen molar-refractivity contribution in [2.75, 3.05) is 54.4 Å². The maximum absolute atomic E-state index is 13.3. The summed E-state index contributed by atoms with van der Waals surface area (Å²) in [5, 5.41) is 3.20. The molecule has 0 radical (unpaired) electrons. The van der Waals surface area contributed by atoms with E-state index >= 15 is 0 Å². The third kappa shape index (κ3) is 5.67. The minimum absolute atomic E-state index is 0.0704. The number of fused-ring (bicyclic) bond motifs is 1. The first-order valence-electron chi connectivity index (χ1n) is 12.1. The monoisotopic (exact) mass is 494 g/mol. The molecule has 2 aromatic carbocycles. The second-order valence-electron chi connectivity index (χ2n) is 9.00. The number of piperazine rings is 1. The normalized spacial score (nSPS) is 15.6. The molecule has 4 rings (SSSR count). The molecule has 1 fully saturated rings. The number of carbonyl (C=O) groups excluding carboxylic acids is 3. The lowest BCUT2D eigenvalue weighted by Gasteiger charge is -2.37. The number of hydrogen-bond acceptors (Lipinski definition) is 6. The van der Waals surface area contributed by atoms with Crippen LogP contribution in [-0.4, -0.2) is 62.0 Å². The molecule has 8 nitrogen and oxygen atoms in total. The predicted octanol–water partition coefficient (Wildman–Crippen LogP) is 3.39. The van der Waals surface area contributed by atoms with Crippen LogP contribution in [0.5, 0.6) is 0 Å². The van der Waals surface area contributed by atoms with Gasteiger partial charge in [-0.25, -0.2) is 4.39 Å². The van der Waals surface area contributed by atoms with Crippen molar-refractivity contribution >= 4 is 34.8 Å². The van der Waals surface area contributed by atoms with Crippen LogP contribution in [-0.2, 0) is 19.1 Å². The molecule has 0 bridgehead atoms. The van der Waals surface area contributed by atoms with Crippen LogP contribution in [0.2, 0.25) is 0 Å². The molecule has 9 heteroatoms. The van der Waals surface area contributed by atoms with Gasteiger partial charge in [-0.1, -0.05) is 0 Å². The molecule has 2 heterocycles. The van der Waals surface area contributed by atoms with Crippen LogP contribution in [0.4, 0.5) is 21.5 Å². The molecule has 1 saturated heterocycles. The first-order chi connectivity index (χ1) is 17.2. The number of benzene rings is 2. The first-order valence-corrected chi connectivity index (χ1v) is 12.1. The molecule has 0 spiro atoms. The van der Waals surface area contributed by atoms with Gasteiger partial charge in [-0.2, -0.15) is 0 Å².